The van der Waals surface area contributed by atoms with Crippen LogP contribution in [0.2, 0.25) is 0 Å². The Morgan fingerprint density at radius 1 is 0.962 bits per heavy atom. The zero-order valence-corrected chi connectivity index (χ0v) is 34.5. The second-order valence-corrected chi connectivity index (χ2v) is 19.4. The van der Waals surface area contributed by atoms with Crippen molar-refractivity contribution in [3.63, 3.8) is 0 Å². The molecule has 298 valence electrons. The van der Waals surface area contributed by atoms with E-state index in [2.05, 4.69) is 33.0 Å². The SMILES string of the molecule is CO[C@@H]1CC[C@]23CC[C@@H](C)[C@](C)([C@H]12)[C@H](OC(=O)CSC1CCN(C(=O)CNC(=O)OC(C)(C)C)CC1)C[C@](C)(CCCCCCCCN)C(=O)[C@@H]3C. The van der Waals surface area contributed by atoms with Gasteiger partial charge in [-0.2, -0.15) is 0 Å². The highest BCUT2D eigenvalue weighted by atomic mass is 32.2. The first-order valence-corrected chi connectivity index (χ1v) is 21.4. The molecule has 52 heavy (non-hydrogen) atoms. The van der Waals surface area contributed by atoms with Crippen molar-refractivity contribution in [2.24, 2.45) is 39.7 Å². The summed E-state index contributed by atoms with van der Waals surface area (Å²) < 4.78 is 18.1. The van der Waals surface area contributed by atoms with Gasteiger partial charge in [-0.15, -0.1) is 11.8 Å². The molecule has 2 amide bonds. The topological polar surface area (TPSA) is 137 Å². The Labute approximate surface area is 318 Å². The summed E-state index contributed by atoms with van der Waals surface area (Å²) in [6.45, 7) is 16.2. The first-order valence-electron chi connectivity index (χ1n) is 20.3. The summed E-state index contributed by atoms with van der Waals surface area (Å²) >= 11 is 1.61. The molecule has 3 saturated carbocycles. The molecule has 4 rings (SSSR count). The van der Waals surface area contributed by atoms with Crippen LogP contribution in [0.15, 0.2) is 0 Å². The van der Waals surface area contributed by atoms with Gasteiger partial charge in [0.05, 0.1) is 11.9 Å². The number of nitrogens with two attached hydrogens (primary N) is 1. The smallest absolute Gasteiger partial charge is 0.408 e. The maximum absolute atomic E-state index is 14.8. The number of unbranched alkanes of at least 4 members (excludes halogenated alkanes) is 5. The molecule has 0 aromatic carbocycles. The van der Waals surface area contributed by atoms with Gasteiger partial charge in [0.1, 0.15) is 24.0 Å². The van der Waals surface area contributed by atoms with Gasteiger partial charge in [-0.1, -0.05) is 59.8 Å². The number of piperidine rings is 1. The number of rotatable bonds is 15. The molecule has 1 heterocycles. The van der Waals surface area contributed by atoms with Gasteiger partial charge < -0.3 is 30.2 Å². The zero-order valence-electron chi connectivity index (χ0n) is 33.7. The highest BCUT2D eigenvalue weighted by Crippen LogP contribution is 2.69. The first kappa shape index (κ1) is 42.9. The molecular formula is C41H71N3O7S. The van der Waals surface area contributed by atoms with Crippen LogP contribution in [0.25, 0.3) is 0 Å². The number of methoxy groups -OCH3 is 1. The van der Waals surface area contributed by atoms with Crippen molar-refractivity contribution in [2.45, 2.75) is 161 Å². The predicted octanol–water partition coefficient (Wildman–Crippen LogP) is 7.30. The Balaban J connectivity index is 1.42. The maximum Gasteiger partial charge on any atom is 0.408 e. The first-order chi connectivity index (χ1) is 24.5. The number of likely N-dealkylation sites (tertiary alicyclic amines) is 1. The summed E-state index contributed by atoms with van der Waals surface area (Å²) in [4.78, 5) is 55.2. The summed E-state index contributed by atoms with van der Waals surface area (Å²) in [6.07, 6.45) is 12.6. The van der Waals surface area contributed by atoms with Gasteiger partial charge in [-0.25, -0.2) is 4.79 Å². The van der Waals surface area contributed by atoms with E-state index in [1.165, 1.54) is 6.42 Å². The summed E-state index contributed by atoms with van der Waals surface area (Å²) in [5, 5.41) is 2.79. The number of ketones is 1. The number of amides is 2. The van der Waals surface area contributed by atoms with E-state index in [0.29, 0.717) is 31.2 Å². The number of esters is 1. The predicted molar refractivity (Wildman–Crippen MR) is 207 cm³/mol. The zero-order chi connectivity index (χ0) is 38.3. The number of carbonyl (C=O) groups excluding carboxylic acids is 4. The van der Waals surface area contributed by atoms with E-state index in [1.54, 1.807) is 37.4 Å². The Bertz CT molecular complexity index is 1240. The lowest BCUT2D eigenvalue weighted by Crippen LogP contribution is -2.63. The number of ether oxygens (including phenoxy) is 3. The largest absolute Gasteiger partial charge is 0.461 e. The van der Waals surface area contributed by atoms with Crippen LogP contribution in [-0.4, -0.2) is 90.8 Å². The van der Waals surface area contributed by atoms with Crippen molar-refractivity contribution in [1.82, 2.24) is 10.2 Å². The Hall–Kier alpha value is -1.85. The minimum absolute atomic E-state index is 0.0451. The van der Waals surface area contributed by atoms with Crippen LogP contribution in [0.5, 0.6) is 0 Å². The molecular weight excluding hydrogens is 679 g/mol. The highest BCUT2D eigenvalue weighted by molar-refractivity contribution is 8.00. The molecule has 3 N–H and O–H groups in total. The number of thioether (sulfide) groups is 1. The monoisotopic (exact) mass is 750 g/mol. The van der Waals surface area contributed by atoms with Crippen molar-refractivity contribution < 1.29 is 33.4 Å². The fourth-order valence-corrected chi connectivity index (χ4v) is 11.5. The molecule has 4 fully saturated rings. The average Bonchev–Trinajstić information content (AvgIpc) is 3.50. The van der Waals surface area contributed by atoms with E-state index in [1.807, 2.05) is 7.11 Å². The number of alkyl carbamates (subject to hydrolysis) is 1. The van der Waals surface area contributed by atoms with Gasteiger partial charge in [-0.05, 0) is 96.4 Å². The molecule has 4 aliphatic rings. The molecule has 0 aromatic rings. The van der Waals surface area contributed by atoms with Crippen LogP contribution < -0.4 is 11.1 Å². The molecule has 1 aliphatic heterocycles. The average molecular weight is 750 g/mol. The fourth-order valence-electron chi connectivity index (χ4n) is 10.5. The summed E-state index contributed by atoms with van der Waals surface area (Å²) in [7, 11) is 1.81. The number of nitrogens with one attached hydrogen (secondary N) is 1. The number of Topliss-reactive ketones (excluding diaryl/α,β-unsaturated/α-hetero) is 1. The third kappa shape index (κ3) is 9.87. The standard InChI is InChI=1S/C41H71N3O7S/c1-28-15-20-41-21-16-31(49-8)35(41)40(28,7)32(25-39(6,36(47)29(41)2)19-13-11-9-10-12-14-22-42)50-34(46)27-52-30-17-23-44(24-18-30)33(45)26-43-37(48)51-38(3,4)5/h28-32,35H,9-27,42H2,1-8H3,(H,43,48)/t28-,29+,31-,32-,35+,39+,40+,41+/m1/s1. The van der Waals surface area contributed by atoms with Gasteiger partial charge in [0.25, 0.3) is 0 Å². The lowest BCUT2D eigenvalue weighted by Gasteiger charge is -2.62. The molecule has 3 aliphatic carbocycles. The van der Waals surface area contributed by atoms with E-state index in [9.17, 15) is 19.2 Å². The number of hydrogen-bond donors (Lipinski definition) is 2. The number of nitrogens with zero attached hydrogens (tertiary/aromatic N) is 1. The molecule has 2 bridgehead atoms. The van der Waals surface area contributed by atoms with E-state index in [0.717, 1.165) is 83.6 Å². The van der Waals surface area contributed by atoms with E-state index >= 15 is 0 Å². The van der Waals surface area contributed by atoms with Crippen molar-refractivity contribution in [2.75, 3.05) is 39.0 Å². The summed E-state index contributed by atoms with van der Waals surface area (Å²) in [5.41, 5.74) is 4.05. The van der Waals surface area contributed by atoms with Gasteiger partial charge in [0, 0.05) is 48.1 Å². The third-order valence-electron chi connectivity index (χ3n) is 13.6. The maximum atomic E-state index is 14.8. The van der Waals surface area contributed by atoms with Crippen LogP contribution in [-0.2, 0) is 28.6 Å². The number of hydrogen-bond acceptors (Lipinski definition) is 9. The second kappa shape index (κ2) is 18.2. The second-order valence-electron chi connectivity index (χ2n) is 18.1. The molecule has 1 saturated heterocycles. The van der Waals surface area contributed by atoms with Crippen molar-refractivity contribution in [3.05, 3.63) is 0 Å². The highest BCUT2D eigenvalue weighted by Gasteiger charge is 2.68. The summed E-state index contributed by atoms with van der Waals surface area (Å²) in [5.74, 6) is 0.665. The van der Waals surface area contributed by atoms with Crippen LogP contribution in [0.3, 0.4) is 0 Å². The van der Waals surface area contributed by atoms with E-state index < -0.39 is 17.1 Å². The van der Waals surface area contributed by atoms with Crippen LogP contribution >= 0.6 is 11.8 Å². The Morgan fingerprint density at radius 2 is 1.60 bits per heavy atom. The van der Waals surface area contributed by atoms with Crippen molar-refractivity contribution in [1.29, 1.82) is 0 Å². The van der Waals surface area contributed by atoms with Crippen LogP contribution in [0.1, 0.15) is 138 Å². The minimum atomic E-state index is -0.626. The quantitative estimate of drug-likeness (QED) is 0.131. The minimum Gasteiger partial charge on any atom is -0.461 e. The van der Waals surface area contributed by atoms with Crippen LogP contribution in [0.4, 0.5) is 4.79 Å². The molecule has 0 unspecified atom stereocenters. The number of carbonyl (C=O) groups is 4. The van der Waals surface area contributed by atoms with Gasteiger partial charge >= 0.3 is 12.1 Å². The van der Waals surface area contributed by atoms with Gasteiger partial charge in [0.2, 0.25) is 5.91 Å². The third-order valence-corrected chi connectivity index (χ3v) is 15.0. The molecule has 0 aromatic heterocycles. The lowest BCUT2D eigenvalue weighted by molar-refractivity contribution is -0.205. The molecule has 0 radical (unpaired) electrons. The summed E-state index contributed by atoms with van der Waals surface area (Å²) in [6, 6.07) is 0. The van der Waals surface area contributed by atoms with Gasteiger partial charge in [-0.3, -0.25) is 14.4 Å². The van der Waals surface area contributed by atoms with Crippen molar-refractivity contribution in [3.8, 4) is 0 Å². The molecule has 0 spiro atoms. The van der Waals surface area contributed by atoms with Gasteiger partial charge in [0.15, 0.2) is 0 Å². The van der Waals surface area contributed by atoms with Crippen LogP contribution in [0, 0.1) is 34.0 Å². The van der Waals surface area contributed by atoms with E-state index in [-0.39, 0.29) is 64.3 Å². The lowest BCUT2D eigenvalue weighted by atomic mass is 9.43. The Kier molecular flexibility index (Phi) is 15.0. The fraction of sp³-hybridized carbons (Fsp3) is 0.902. The molecule has 11 heteroatoms. The van der Waals surface area contributed by atoms with Crippen molar-refractivity contribution >= 4 is 35.5 Å². The van der Waals surface area contributed by atoms with E-state index in [4.69, 9.17) is 19.9 Å². The molecule has 8 atom stereocenters. The normalized spacial score (nSPS) is 33.9. The Morgan fingerprint density at radius 3 is 2.23 bits per heavy atom. The molecule has 10 nitrogen and oxygen atoms in total.